The van der Waals surface area contributed by atoms with Crippen LogP contribution in [0.3, 0.4) is 0 Å². The van der Waals surface area contributed by atoms with Crippen LogP contribution in [0.4, 0.5) is 0 Å². The van der Waals surface area contributed by atoms with E-state index in [0.29, 0.717) is 0 Å². The quantitative estimate of drug-likeness (QED) is 0.638. The molecule has 0 bridgehead atoms. The van der Waals surface area contributed by atoms with Gasteiger partial charge in [-0.15, -0.1) is 0 Å². The average Bonchev–Trinajstić information content (AvgIpc) is 2.58. The van der Waals surface area contributed by atoms with E-state index in [0.717, 1.165) is 12.5 Å². The van der Waals surface area contributed by atoms with Gasteiger partial charge in [0.1, 0.15) is 0 Å². The molecule has 1 heteroatoms. The molecule has 0 aromatic heterocycles. The molecular formula is C10H13N. The van der Waals surface area contributed by atoms with E-state index in [4.69, 9.17) is 0 Å². The van der Waals surface area contributed by atoms with E-state index in [2.05, 4.69) is 35.6 Å². The number of rotatable bonds is 1. The molecular weight excluding hydrogens is 134 g/mol. The van der Waals surface area contributed by atoms with Crippen LogP contribution in [-0.4, -0.2) is 13.1 Å². The first-order valence-corrected chi connectivity index (χ1v) is 4.22. The molecule has 0 radical (unpaired) electrons. The first-order chi connectivity index (χ1) is 5.47. The number of hydrogen-bond acceptors (Lipinski definition) is 1. The summed E-state index contributed by atoms with van der Waals surface area (Å²) in [5.41, 5.74) is 1.48. The summed E-state index contributed by atoms with van der Waals surface area (Å²) in [6.45, 7) is 2.34. The van der Waals surface area contributed by atoms with Gasteiger partial charge < -0.3 is 5.32 Å². The van der Waals surface area contributed by atoms with Gasteiger partial charge in [0.05, 0.1) is 0 Å². The molecule has 0 amide bonds. The van der Waals surface area contributed by atoms with Gasteiger partial charge in [-0.2, -0.15) is 0 Å². The lowest BCUT2D eigenvalue weighted by Crippen LogP contribution is -2.07. The van der Waals surface area contributed by atoms with Crippen LogP contribution in [0, 0.1) is 0 Å². The lowest BCUT2D eigenvalue weighted by Gasteiger charge is -2.06. The Kier molecular flexibility index (Phi) is 1.91. The molecule has 0 spiro atoms. The van der Waals surface area contributed by atoms with Crippen molar-refractivity contribution in [2.24, 2.45) is 0 Å². The van der Waals surface area contributed by atoms with Crippen LogP contribution < -0.4 is 5.32 Å². The van der Waals surface area contributed by atoms with Gasteiger partial charge in [-0.3, -0.25) is 0 Å². The molecule has 11 heavy (non-hydrogen) atoms. The van der Waals surface area contributed by atoms with Crippen LogP contribution in [0.15, 0.2) is 30.3 Å². The number of benzene rings is 1. The van der Waals surface area contributed by atoms with Crippen molar-refractivity contribution in [2.45, 2.75) is 12.3 Å². The smallest absolute Gasteiger partial charge is 0.00206 e. The molecule has 2 rings (SSSR count). The molecule has 1 aliphatic rings. The van der Waals surface area contributed by atoms with E-state index in [1.807, 2.05) is 0 Å². The maximum Gasteiger partial charge on any atom is 0.00206 e. The Hall–Kier alpha value is -0.820. The van der Waals surface area contributed by atoms with Gasteiger partial charge in [0.15, 0.2) is 0 Å². The predicted molar refractivity (Wildman–Crippen MR) is 46.7 cm³/mol. The summed E-state index contributed by atoms with van der Waals surface area (Å²) in [6.07, 6.45) is 1.30. The van der Waals surface area contributed by atoms with Gasteiger partial charge in [-0.25, -0.2) is 0 Å². The van der Waals surface area contributed by atoms with Crippen LogP contribution in [0.2, 0.25) is 0 Å². The number of hydrogen-bond donors (Lipinski definition) is 1. The molecule has 1 nitrogen and oxygen atoms in total. The molecule has 1 fully saturated rings. The standard InChI is InChI=1S/C10H13N/c1-2-4-9(5-3-1)10-6-7-11-8-10/h1-5,10-11H,6-8H2/t10-/m1/s1. The van der Waals surface area contributed by atoms with E-state index >= 15 is 0 Å². The summed E-state index contributed by atoms with van der Waals surface area (Å²) in [4.78, 5) is 0. The van der Waals surface area contributed by atoms with Crippen molar-refractivity contribution in [3.63, 3.8) is 0 Å². The third kappa shape index (κ3) is 1.43. The highest BCUT2D eigenvalue weighted by atomic mass is 14.9. The average molecular weight is 147 g/mol. The molecule has 0 saturated carbocycles. The van der Waals surface area contributed by atoms with Crippen LogP contribution in [0.5, 0.6) is 0 Å². The third-order valence-electron chi connectivity index (χ3n) is 2.33. The molecule has 1 atom stereocenters. The Labute approximate surface area is 67.4 Å². The highest BCUT2D eigenvalue weighted by molar-refractivity contribution is 5.20. The Balaban J connectivity index is 2.16. The van der Waals surface area contributed by atoms with Crippen molar-refractivity contribution in [3.8, 4) is 0 Å². The molecule has 1 aromatic rings. The summed E-state index contributed by atoms with van der Waals surface area (Å²) >= 11 is 0. The molecule has 1 N–H and O–H groups in total. The van der Waals surface area contributed by atoms with Crippen LogP contribution in [0.25, 0.3) is 0 Å². The van der Waals surface area contributed by atoms with Gasteiger partial charge in [0.2, 0.25) is 0 Å². The third-order valence-corrected chi connectivity index (χ3v) is 2.33. The largest absolute Gasteiger partial charge is 0.316 e. The molecule has 58 valence electrons. The lowest BCUT2D eigenvalue weighted by molar-refractivity contribution is 0.763. The van der Waals surface area contributed by atoms with Crippen LogP contribution in [0.1, 0.15) is 17.9 Å². The minimum atomic E-state index is 0.760. The van der Waals surface area contributed by atoms with Crippen molar-refractivity contribution >= 4 is 0 Å². The normalized spacial score (nSPS) is 23.8. The summed E-state index contributed by atoms with van der Waals surface area (Å²) < 4.78 is 0. The van der Waals surface area contributed by atoms with Crippen molar-refractivity contribution in [1.29, 1.82) is 0 Å². The molecule has 1 heterocycles. The van der Waals surface area contributed by atoms with Crippen molar-refractivity contribution in [1.82, 2.24) is 5.32 Å². The highest BCUT2D eigenvalue weighted by Crippen LogP contribution is 2.21. The highest BCUT2D eigenvalue weighted by Gasteiger charge is 2.15. The fourth-order valence-electron chi connectivity index (χ4n) is 1.66. The van der Waals surface area contributed by atoms with E-state index in [1.54, 1.807) is 0 Å². The first kappa shape index (κ1) is 6.86. The first-order valence-electron chi connectivity index (χ1n) is 4.22. The van der Waals surface area contributed by atoms with Gasteiger partial charge >= 0.3 is 0 Å². The van der Waals surface area contributed by atoms with E-state index in [9.17, 15) is 0 Å². The Morgan fingerprint density at radius 3 is 2.64 bits per heavy atom. The second-order valence-corrected chi connectivity index (χ2v) is 3.10. The van der Waals surface area contributed by atoms with Gasteiger partial charge in [0.25, 0.3) is 0 Å². The minimum absolute atomic E-state index is 0.760. The molecule has 1 saturated heterocycles. The van der Waals surface area contributed by atoms with Crippen LogP contribution >= 0.6 is 0 Å². The van der Waals surface area contributed by atoms with E-state index < -0.39 is 0 Å². The predicted octanol–water partition coefficient (Wildman–Crippen LogP) is 1.76. The zero-order valence-electron chi connectivity index (χ0n) is 6.59. The summed E-state index contributed by atoms with van der Waals surface area (Å²) in [5, 5.41) is 3.37. The van der Waals surface area contributed by atoms with Crippen molar-refractivity contribution < 1.29 is 0 Å². The SMILES string of the molecule is c1ccc([C@@H]2CCNC2)cc1. The molecule has 1 aliphatic heterocycles. The fourth-order valence-corrected chi connectivity index (χ4v) is 1.66. The summed E-state index contributed by atoms with van der Waals surface area (Å²) in [7, 11) is 0. The maximum absolute atomic E-state index is 3.37. The minimum Gasteiger partial charge on any atom is -0.316 e. The fraction of sp³-hybridized carbons (Fsp3) is 0.400. The van der Waals surface area contributed by atoms with Gasteiger partial charge in [-0.1, -0.05) is 30.3 Å². The number of nitrogens with one attached hydrogen (secondary N) is 1. The maximum atomic E-state index is 3.37. The Morgan fingerprint density at radius 1 is 1.18 bits per heavy atom. The molecule has 1 aromatic carbocycles. The molecule has 0 aliphatic carbocycles. The Bertz CT molecular complexity index is 212. The topological polar surface area (TPSA) is 12.0 Å². The lowest BCUT2D eigenvalue weighted by atomic mass is 9.99. The monoisotopic (exact) mass is 147 g/mol. The summed E-state index contributed by atoms with van der Waals surface area (Å²) in [5.74, 6) is 0.760. The van der Waals surface area contributed by atoms with Gasteiger partial charge in [-0.05, 0) is 24.4 Å². The van der Waals surface area contributed by atoms with E-state index in [1.165, 1.54) is 18.5 Å². The zero-order valence-corrected chi connectivity index (χ0v) is 6.59. The van der Waals surface area contributed by atoms with E-state index in [-0.39, 0.29) is 0 Å². The van der Waals surface area contributed by atoms with Crippen molar-refractivity contribution in [2.75, 3.05) is 13.1 Å². The second-order valence-electron chi connectivity index (χ2n) is 3.10. The molecule has 0 unspecified atom stereocenters. The zero-order chi connectivity index (χ0) is 7.52. The summed E-state index contributed by atoms with van der Waals surface area (Å²) in [6, 6.07) is 10.8. The van der Waals surface area contributed by atoms with Gasteiger partial charge in [0, 0.05) is 6.54 Å². The van der Waals surface area contributed by atoms with Crippen molar-refractivity contribution in [3.05, 3.63) is 35.9 Å². The Morgan fingerprint density at radius 2 is 2.00 bits per heavy atom. The van der Waals surface area contributed by atoms with Crippen LogP contribution in [-0.2, 0) is 0 Å². The second kappa shape index (κ2) is 3.05.